The first kappa shape index (κ1) is 14.0. The molecule has 4 rings (SSSR count). The van der Waals surface area contributed by atoms with E-state index < -0.39 is 0 Å². The zero-order chi connectivity index (χ0) is 15.4. The topological polar surface area (TPSA) is 66.5 Å². The molecule has 0 bridgehead atoms. The Labute approximate surface area is 128 Å². The maximum atomic E-state index is 4.34. The Bertz CT molecular complexity index is 883. The van der Waals surface area contributed by atoms with E-state index in [4.69, 9.17) is 0 Å². The molecule has 0 saturated heterocycles. The van der Waals surface area contributed by atoms with Gasteiger partial charge in [-0.05, 0) is 24.3 Å². The Hall–Kier alpha value is -2.95. The number of fused-ring (bicyclic) bond motifs is 2. The standard InChI is InChI=1S/C15H11N5.C2H6/c1-2-4-11(5-3-1)19-15-12-7-13-10(8-18-20-13)6-14(12)16-9-17-15;1-2/h1-9H,(H,18,20)(H,16,17,19);1-2H3. The summed E-state index contributed by atoms with van der Waals surface area (Å²) in [5.41, 5.74) is 2.87. The van der Waals surface area contributed by atoms with Crippen molar-refractivity contribution in [1.29, 1.82) is 0 Å². The summed E-state index contributed by atoms with van der Waals surface area (Å²) < 4.78 is 0. The highest BCUT2D eigenvalue weighted by atomic mass is 15.1. The molecule has 22 heavy (non-hydrogen) atoms. The van der Waals surface area contributed by atoms with Gasteiger partial charge in [0.1, 0.15) is 12.1 Å². The second-order valence-corrected chi connectivity index (χ2v) is 4.54. The molecule has 2 N–H and O–H groups in total. The summed E-state index contributed by atoms with van der Waals surface area (Å²) >= 11 is 0. The largest absolute Gasteiger partial charge is 0.340 e. The van der Waals surface area contributed by atoms with E-state index in [1.807, 2.05) is 56.3 Å². The predicted molar refractivity (Wildman–Crippen MR) is 90.3 cm³/mol. The number of nitrogens with zero attached hydrogens (tertiary/aromatic N) is 3. The van der Waals surface area contributed by atoms with Crippen molar-refractivity contribution < 1.29 is 0 Å². The predicted octanol–water partition coefficient (Wildman–Crippen LogP) is 4.28. The summed E-state index contributed by atoms with van der Waals surface area (Å²) in [4.78, 5) is 8.66. The second-order valence-electron chi connectivity index (χ2n) is 4.54. The Balaban J connectivity index is 0.000000693. The van der Waals surface area contributed by atoms with Crippen molar-refractivity contribution in [3.05, 3.63) is 55.0 Å². The van der Waals surface area contributed by atoms with Gasteiger partial charge in [-0.2, -0.15) is 5.10 Å². The van der Waals surface area contributed by atoms with Gasteiger partial charge >= 0.3 is 0 Å². The third-order valence-electron chi connectivity index (χ3n) is 3.23. The van der Waals surface area contributed by atoms with Crippen LogP contribution in [0.2, 0.25) is 0 Å². The van der Waals surface area contributed by atoms with Crippen molar-refractivity contribution in [2.75, 3.05) is 5.32 Å². The van der Waals surface area contributed by atoms with Crippen LogP contribution in [0.1, 0.15) is 13.8 Å². The Kier molecular flexibility index (Phi) is 3.96. The van der Waals surface area contributed by atoms with E-state index in [1.165, 1.54) is 0 Å². The second kappa shape index (κ2) is 6.22. The highest BCUT2D eigenvalue weighted by molar-refractivity contribution is 5.99. The number of hydrogen-bond acceptors (Lipinski definition) is 4. The van der Waals surface area contributed by atoms with Gasteiger partial charge in [0.25, 0.3) is 0 Å². The van der Waals surface area contributed by atoms with Crippen LogP contribution in [0.3, 0.4) is 0 Å². The van der Waals surface area contributed by atoms with Crippen molar-refractivity contribution in [1.82, 2.24) is 20.2 Å². The van der Waals surface area contributed by atoms with Crippen molar-refractivity contribution in [3.63, 3.8) is 0 Å². The van der Waals surface area contributed by atoms with Crippen LogP contribution in [0.15, 0.2) is 55.0 Å². The number of anilines is 2. The first-order chi connectivity index (χ1) is 10.9. The maximum Gasteiger partial charge on any atom is 0.141 e. The van der Waals surface area contributed by atoms with Crippen LogP contribution >= 0.6 is 0 Å². The average molecular weight is 291 g/mol. The van der Waals surface area contributed by atoms with Crippen molar-refractivity contribution in [3.8, 4) is 0 Å². The number of rotatable bonds is 2. The molecule has 2 aromatic carbocycles. The molecule has 0 saturated carbocycles. The molecule has 0 fully saturated rings. The van der Waals surface area contributed by atoms with Crippen LogP contribution in [0.4, 0.5) is 11.5 Å². The van der Waals surface area contributed by atoms with Gasteiger partial charge in [-0.3, -0.25) is 5.10 Å². The lowest BCUT2D eigenvalue weighted by Gasteiger charge is -2.08. The van der Waals surface area contributed by atoms with Gasteiger partial charge in [-0.1, -0.05) is 32.0 Å². The minimum absolute atomic E-state index is 0.790. The van der Waals surface area contributed by atoms with Gasteiger partial charge < -0.3 is 5.32 Å². The van der Waals surface area contributed by atoms with E-state index >= 15 is 0 Å². The molecular weight excluding hydrogens is 274 g/mol. The Morgan fingerprint density at radius 3 is 2.64 bits per heavy atom. The van der Waals surface area contributed by atoms with Gasteiger partial charge in [0.2, 0.25) is 0 Å². The van der Waals surface area contributed by atoms with Crippen molar-refractivity contribution in [2.24, 2.45) is 0 Å². The van der Waals surface area contributed by atoms with Gasteiger partial charge in [0.15, 0.2) is 0 Å². The summed E-state index contributed by atoms with van der Waals surface area (Å²) in [6.07, 6.45) is 3.36. The normalized spacial score (nSPS) is 10.3. The van der Waals surface area contributed by atoms with E-state index in [2.05, 4.69) is 25.5 Å². The first-order valence-electron chi connectivity index (χ1n) is 7.30. The van der Waals surface area contributed by atoms with Crippen LogP contribution in [0.5, 0.6) is 0 Å². The summed E-state index contributed by atoms with van der Waals surface area (Å²) in [5.74, 6) is 0.790. The lowest BCUT2D eigenvalue weighted by Crippen LogP contribution is -1.95. The molecule has 0 aliphatic heterocycles. The number of aromatic nitrogens is 4. The molecule has 2 aromatic heterocycles. The number of nitrogens with one attached hydrogen (secondary N) is 2. The minimum Gasteiger partial charge on any atom is -0.340 e. The summed E-state index contributed by atoms with van der Waals surface area (Å²) in [6, 6.07) is 14.0. The van der Waals surface area contributed by atoms with Crippen LogP contribution < -0.4 is 5.32 Å². The summed E-state index contributed by atoms with van der Waals surface area (Å²) in [7, 11) is 0. The Morgan fingerprint density at radius 2 is 1.82 bits per heavy atom. The highest BCUT2D eigenvalue weighted by Crippen LogP contribution is 2.26. The van der Waals surface area contributed by atoms with Crippen LogP contribution in [-0.2, 0) is 0 Å². The smallest absolute Gasteiger partial charge is 0.141 e. The molecule has 2 heterocycles. The van der Waals surface area contributed by atoms with Gasteiger partial charge in [-0.15, -0.1) is 0 Å². The molecule has 4 aromatic rings. The molecule has 0 unspecified atom stereocenters. The molecular formula is C17H17N5. The summed E-state index contributed by atoms with van der Waals surface area (Å²) in [6.45, 7) is 4.00. The van der Waals surface area contributed by atoms with Crippen molar-refractivity contribution in [2.45, 2.75) is 13.8 Å². The molecule has 0 spiro atoms. The fourth-order valence-electron chi connectivity index (χ4n) is 2.25. The quantitative estimate of drug-likeness (QED) is 0.578. The number of hydrogen-bond donors (Lipinski definition) is 2. The number of aromatic amines is 1. The van der Waals surface area contributed by atoms with E-state index in [-0.39, 0.29) is 0 Å². The van der Waals surface area contributed by atoms with E-state index in [0.717, 1.165) is 33.3 Å². The van der Waals surface area contributed by atoms with Gasteiger partial charge in [-0.25, -0.2) is 9.97 Å². The monoisotopic (exact) mass is 291 g/mol. The van der Waals surface area contributed by atoms with Crippen LogP contribution in [0.25, 0.3) is 21.8 Å². The molecule has 0 atom stereocenters. The third-order valence-corrected chi connectivity index (χ3v) is 3.23. The number of benzene rings is 2. The van der Waals surface area contributed by atoms with Gasteiger partial charge in [0.05, 0.1) is 17.2 Å². The van der Waals surface area contributed by atoms with Crippen LogP contribution in [0, 0.1) is 0 Å². The fourth-order valence-corrected chi connectivity index (χ4v) is 2.25. The Morgan fingerprint density at radius 1 is 1.00 bits per heavy atom. The number of para-hydroxylation sites is 1. The molecule has 0 radical (unpaired) electrons. The zero-order valence-corrected chi connectivity index (χ0v) is 12.5. The summed E-state index contributed by atoms with van der Waals surface area (Å²) in [5, 5.41) is 12.3. The van der Waals surface area contributed by atoms with E-state index in [1.54, 1.807) is 12.5 Å². The molecule has 0 aliphatic carbocycles. The van der Waals surface area contributed by atoms with Crippen LogP contribution in [-0.4, -0.2) is 20.2 Å². The van der Waals surface area contributed by atoms with E-state index in [0.29, 0.717) is 0 Å². The average Bonchev–Trinajstić information content (AvgIpc) is 3.03. The van der Waals surface area contributed by atoms with E-state index in [9.17, 15) is 0 Å². The van der Waals surface area contributed by atoms with Gasteiger partial charge in [0, 0.05) is 16.5 Å². The zero-order valence-electron chi connectivity index (χ0n) is 12.5. The SMILES string of the molecule is CC.c1ccc(Nc2ncnc3cc4cn[nH]c4cc23)cc1. The van der Waals surface area contributed by atoms with Crippen molar-refractivity contribution >= 4 is 33.3 Å². The molecule has 5 heteroatoms. The molecule has 0 amide bonds. The molecule has 0 aliphatic rings. The molecule has 5 nitrogen and oxygen atoms in total. The highest BCUT2D eigenvalue weighted by Gasteiger charge is 2.06. The fraction of sp³-hybridized carbons (Fsp3) is 0.118. The minimum atomic E-state index is 0.790. The lowest BCUT2D eigenvalue weighted by atomic mass is 10.1. The first-order valence-corrected chi connectivity index (χ1v) is 7.30. The lowest BCUT2D eigenvalue weighted by molar-refractivity contribution is 1.12. The molecule has 110 valence electrons. The number of H-pyrrole nitrogens is 1. The maximum absolute atomic E-state index is 4.34. The third kappa shape index (κ3) is 2.61.